The predicted octanol–water partition coefficient (Wildman–Crippen LogP) is 1.01. The predicted molar refractivity (Wildman–Crippen MR) is 68.5 cm³/mol. The van der Waals surface area contributed by atoms with Crippen molar-refractivity contribution in [2.24, 2.45) is 5.92 Å². The molecule has 0 aliphatic heterocycles. The van der Waals surface area contributed by atoms with Crippen LogP contribution in [0.15, 0.2) is 0 Å². The Morgan fingerprint density at radius 3 is 2.56 bits per heavy atom. The van der Waals surface area contributed by atoms with Crippen LogP contribution >= 0.6 is 0 Å². The first-order valence-electron chi connectivity index (χ1n) is 6.70. The molecule has 1 rings (SSSR count). The third-order valence-electron chi connectivity index (χ3n) is 3.45. The van der Waals surface area contributed by atoms with Crippen LogP contribution in [0.3, 0.4) is 0 Å². The van der Waals surface area contributed by atoms with Crippen molar-refractivity contribution >= 4 is 5.97 Å². The summed E-state index contributed by atoms with van der Waals surface area (Å²) in [6.07, 6.45) is 2.47. The van der Waals surface area contributed by atoms with Crippen LogP contribution in [0.4, 0.5) is 0 Å². The van der Waals surface area contributed by atoms with Crippen molar-refractivity contribution in [1.82, 2.24) is 5.32 Å². The molecule has 1 fully saturated rings. The molecule has 1 saturated carbocycles. The van der Waals surface area contributed by atoms with E-state index in [2.05, 4.69) is 5.32 Å². The van der Waals surface area contributed by atoms with Crippen molar-refractivity contribution < 1.29 is 19.7 Å². The van der Waals surface area contributed by atoms with Gasteiger partial charge >= 0.3 is 5.97 Å². The molecular formula is C13H25NO4. The van der Waals surface area contributed by atoms with Gasteiger partial charge in [-0.05, 0) is 39.5 Å². The summed E-state index contributed by atoms with van der Waals surface area (Å²) in [5.74, 6) is -1.02. The lowest BCUT2D eigenvalue weighted by Gasteiger charge is -2.34. The fourth-order valence-electron chi connectivity index (χ4n) is 2.27. The summed E-state index contributed by atoms with van der Waals surface area (Å²) in [4.78, 5) is 10.8. The first kappa shape index (κ1) is 15.4. The molecule has 0 aromatic rings. The van der Waals surface area contributed by atoms with Gasteiger partial charge in [0.2, 0.25) is 0 Å². The summed E-state index contributed by atoms with van der Waals surface area (Å²) in [6, 6.07) is 0. The summed E-state index contributed by atoms with van der Waals surface area (Å²) < 4.78 is 5.39. The van der Waals surface area contributed by atoms with Crippen molar-refractivity contribution in [2.75, 3.05) is 19.7 Å². The maximum Gasteiger partial charge on any atom is 0.306 e. The summed E-state index contributed by atoms with van der Waals surface area (Å²) in [5.41, 5.74) is -0.746. The van der Waals surface area contributed by atoms with Crippen LogP contribution in [0, 0.1) is 5.92 Å². The molecule has 0 aromatic carbocycles. The Labute approximate surface area is 109 Å². The van der Waals surface area contributed by atoms with Gasteiger partial charge in [-0.2, -0.15) is 0 Å². The van der Waals surface area contributed by atoms with E-state index in [0.29, 0.717) is 45.4 Å². The van der Waals surface area contributed by atoms with Gasteiger partial charge in [-0.3, -0.25) is 4.79 Å². The lowest BCUT2D eigenvalue weighted by atomic mass is 9.79. The van der Waals surface area contributed by atoms with E-state index in [0.717, 1.165) is 0 Å². The average Bonchev–Trinajstić information content (AvgIpc) is 2.28. The van der Waals surface area contributed by atoms with Crippen LogP contribution in [0.2, 0.25) is 0 Å². The molecule has 0 heterocycles. The third kappa shape index (κ3) is 5.33. The minimum Gasteiger partial charge on any atom is -0.481 e. The number of hydrogen-bond donors (Lipinski definition) is 3. The highest BCUT2D eigenvalue weighted by molar-refractivity contribution is 5.70. The van der Waals surface area contributed by atoms with Gasteiger partial charge in [-0.15, -0.1) is 0 Å². The molecule has 5 heteroatoms. The van der Waals surface area contributed by atoms with Crippen LogP contribution in [0.5, 0.6) is 0 Å². The maximum absolute atomic E-state index is 10.8. The second-order valence-electron chi connectivity index (χ2n) is 5.43. The molecule has 0 saturated heterocycles. The van der Waals surface area contributed by atoms with Gasteiger partial charge in [0.1, 0.15) is 0 Å². The van der Waals surface area contributed by atoms with Crippen molar-refractivity contribution in [2.45, 2.75) is 51.2 Å². The molecule has 18 heavy (non-hydrogen) atoms. The van der Waals surface area contributed by atoms with Gasteiger partial charge in [-0.1, -0.05) is 0 Å². The van der Waals surface area contributed by atoms with E-state index >= 15 is 0 Å². The number of carbonyl (C=O) groups is 1. The van der Waals surface area contributed by atoms with Crippen LogP contribution in [-0.4, -0.2) is 47.6 Å². The monoisotopic (exact) mass is 259 g/mol. The van der Waals surface area contributed by atoms with Gasteiger partial charge in [-0.25, -0.2) is 0 Å². The number of carboxylic acid groups (broad SMARTS) is 1. The number of nitrogens with one attached hydrogen (secondary N) is 1. The summed E-state index contributed by atoms with van der Waals surface area (Å²) >= 11 is 0. The van der Waals surface area contributed by atoms with E-state index in [4.69, 9.17) is 9.84 Å². The average molecular weight is 259 g/mol. The third-order valence-corrected chi connectivity index (χ3v) is 3.45. The normalized spacial score (nSPS) is 28.6. The largest absolute Gasteiger partial charge is 0.481 e. The van der Waals surface area contributed by atoms with E-state index < -0.39 is 11.6 Å². The second kappa shape index (κ2) is 7.07. The van der Waals surface area contributed by atoms with Crippen LogP contribution in [0.25, 0.3) is 0 Å². The molecule has 0 spiro atoms. The lowest BCUT2D eigenvalue weighted by Crippen LogP contribution is -2.45. The number of carboxylic acids is 1. The molecule has 0 atom stereocenters. The van der Waals surface area contributed by atoms with Gasteiger partial charge in [0, 0.05) is 13.1 Å². The van der Waals surface area contributed by atoms with E-state index in [1.165, 1.54) is 0 Å². The van der Waals surface area contributed by atoms with Crippen molar-refractivity contribution in [3.05, 3.63) is 0 Å². The Bertz CT molecular complexity index is 260. The molecular weight excluding hydrogens is 234 g/mol. The molecule has 0 aromatic heterocycles. The molecule has 106 valence electrons. The minimum atomic E-state index is -0.746. The first-order chi connectivity index (χ1) is 8.43. The van der Waals surface area contributed by atoms with E-state index in [1.807, 2.05) is 13.8 Å². The number of aliphatic carboxylic acids is 1. The summed E-state index contributed by atoms with van der Waals surface area (Å²) in [5, 5.41) is 22.3. The fourth-order valence-corrected chi connectivity index (χ4v) is 2.27. The van der Waals surface area contributed by atoms with Gasteiger partial charge in [0.05, 0.1) is 24.2 Å². The summed E-state index contributed by atoms with van der Waals surface area (Å²) in [7, 11) is 0. The quantitative estimate of drug-likeness (QED) is 0.595. The Morgan fingerprint density at radius 2 is 2.06 bits per heavy atom. The van der Waals surface area contributed by atoms with Gasteiger partial charge in [0.15, 0.2) is 0 Å². The number of aliphatic hydroxyl groups is 1. The van der Waals surface area contributed by atoms with Crippen LogP contribution < -0.4 is 5.32 Å². The molecule has 0 bridgehead atoms. The Morgan fingerprint density at radius 1 is 1.44 bits per heavy atom. The maximum atomic E-state index is 10.8. The number of hydrogen-bond acceptors (Lipinski definition) is 4. The van der Waals surface area contributed by atoms with Crippen molar-refractivity contribution in [3.63, 3.8) is 0 Å². The molecule has 0 amide bonds. The summed E-state index contributed by atoms with van der Waals surface area (Å²) in [6.45, 7) is 5.83. The molecule has 1 aliphatic rings. The highest BCUT2D eigenvalue weighted by Crippen LogP contribution is 2.31. The van der Waals surface area contributed by atoms with Gasteiger partial charge in [0.25, 0.3) is 0 Å². The van der Waals surface area contributed by atoms with E-state index in [-0.39, 0.29) is 12.0 Å². The topological polar surface area (TPSA) is 78.8 Å². The van der Waals surface area contributed by atoms with Crippen molar-refractivity contribution in [3.8, 4) is 0 Å². The number of ether oxygens (including phenoxy) is 1. The Balaban J connectivity index is 2.16. The molecule has 0 radical (unpaired) electrons. The Hall–Kier alpha value is -0.650. The molecule has 1 aliphatic carbocycles. The first-order valence-corrected chi connectivity index (χ1v) is 6.70. The Kier molecular flexibility index (Phi) is 6.05. The van der Waals surface area contributed by atoms with Gasteiger partial charge < -0.3 is 20.3 Å². The van der Waals surface area contributed by atoms with E-state index in [9.17, 15) is 9.90 Å². The zero-order chi connectivity index (χ0) is 13.6. The highest BCUT2D eigenvalue weighted by atomic mass is 16.5. The highest BCUT2D eigenvalue weighted by Gasteiger charge is 2.35. The smallest absolute Gasteiger partial charge is 0.306 e. The zero-order valence-electron chi connectivity index (χ0n) is 11.3. The SMILES string of the molecule is CC(C)OCCNCC1(O)CCC(C(=O)O)CC1. The lowest BCUT2D eigenvalue weighted by molar-refractivity contribution is -0.144. The number of rotatable bonds is 7. The minimum absolute atomic E-state index is 0.223. The standard InChI is InChI=1S/C13H25NO4/c1-10(2)18-8-7-14-9-13(17)5-3-11(4-6-13)12(15)16/h10-11,14,17H,3-9H2,1-2H3,(H,15,16). The van der Waals surface area contributed by atoms with Crippen LogP contribution in [0.1, 0.15) is 39.5 Å². The second-order valence-corrected chi connectivity index (χ2v) is 5.43. The molecule has 0 unspecified atom stereocenters. The zero-order valence-corrected chi connectivity index (χ0v) is 11.3. The molecule has 5 nitrogen and oxygen atoms in total. The van der Waals surface area contributed by atoms with Crippen molar-refractivity contribution in [1.29, 1.82) is 0 Å². The molecule has 3 N–H and O–H groups in total. The van der Waals surface area contributed by atoms with E-state index in [1.54, 1.807) is 0 Å². The fraction of sp³-hybridized carbons (Fsp3) is 0.923. The van der Waals surface area contributed by atoms with Crippen LogP contribution in [-0.2, 0) is 9.53 Å².